The molecule has 11 heavy (non-hydrogen) atoms. The van der Waals surface area contributed by atoms with Crippen molar-refractivity contribution in [1.29, 1.82) is 0 Å². The molecule has 0 bridgehead atoms. The molecule has 0 aliphatic heterocycles. The SMILES string of the molecule is CC(C)c1cccc[n+]1C.[I-]. The summed E-state index contributed by atoms with van der Waals surface area (Å²) in [5.41, 5.74) is 1.38. The molecule has 0 N–H and O–H groups in total. The zero-order valence-electron chi connectivity index (χ0n) is 7.21. The van der Waals surface area contributed by atoms with Crippen LogP contribution in [0.1, 0.15) is 25.5 Å². The van der Waals surface area contributed by atoms with E-state index in [1.54, 1.807) is 0 Å². The van der Waals surface area contributed by atoms with Crippen molar-refractivity contribution in [1.82, 2.24) is 0 Å². The Balaban J connectivity index is 0.000001000. The van der Waals surface area contributed by atoms with Gasteiger partial charge in [0.05, 0.1) is 0 Å². The van der Waals surface area contributed by atoms with E-state index in [1.807, 2.05) is 6.07 Å². The Kier molecular flexibility index (Phi) is 4.65. The van der Waals surface area contributed by atoms with Gasteiger partial charge in [0.15, 0.2) is 11.9 Å². The van der Waals surface area contributed by atoms with Crippen LogP contribution in [0.4, 0.5) is 0 Å². The molecular formula is C9H14IN. The van der Waals surface area contributed by atoms with Gasteiger partial charge in [-0.25, -0.2) is 4.57 Å². The summed E-state index contributed by atoms with van der Waals surface area (Å²) in [7, 11) is 2.08. The van der Waals surface area contributed by atoms with Gasteiger partial charge in [-0.15, -0.1) is 0 Å². The Morgan fingerprint density at radius 1 is 1.27 bits per heavy atom. The van der Waals surface area contributed by atoms with Crippen molar-refractivity contribution >= 4 is 0 Å². The summed E-state index contributed by atoms with van der Waals surface area (Å²) in [5, 5.41) is 0. The van der Waals surface area contributed by atoms with Gasteiger partial charge in [-0.1, -0.05) is 19.9 Å². The third-order valence-electron chi connectivity index (χ3n) is 1.69. The maximum atomic E-state index is 2.20. The first-order valence-corrected chi connectivity index (χ1v) is 3.66. The van der Waals surface area contributed by atoms with Crippen molar-refractivity contribution in [3.63, 3.8) is 0 Å². The molecule has 1 heterocycles. The van der Waals surface area contributed by atoms with Crippen molar-refractivity contribution in [2.75, 3.05) is 0 Å². The number of rotatable bonds is 1. The van der Waals surface area contributed by atoms with Crippen LogP contribution in [-0.2, 0) is 7.05 Å². The summed E-state index contributed by atoms with van der Waals surface area (Å²) < 4.78 is 2.16. The highest BCUT2D eigenvalue weighted by molar-refractivity contribution is 5.00. The number of pyridine rings is 1. The minimum absolute atomic E-state index is 0. The maximum Gasteiger partial charge on any atom is 0.183 e. The predicted molar refractivity (Wildman–Crippen MR) is 41.7 cm³/mol. The molecule has 0 unspecified atom stereocenters. The van der Waals surface area contributed by atoms with Gasteiger partial charge >= 0.3 is 0 Å². The molecule has 0 amide bonds. The number of aromatic nitrogens is 1. The van der Waals surface area contributed by atoms with Gasteiger partial charge in [0.2, 0.25) is 0 Å². The molecule has 1 nitrogen and oxygen atoms in total. The molecule has 1 rings (SSSR count). The summed E-state index contributed by atoms with van der Waals surface area (Å²) in [6.45, 7) is 4.41. The lowest BCUT2D eigenvalue weighted by Gasteiger charge is -2.00. The molecule has 2 heteroatoms. The van der Waals surface area contributed by atoms with Crippen LogP contribution >= 0.6 is 0 Å². The normalized spacial score (nSPS) is 9.45. The van der Waals surface area contributed by atoms with Crippen LogP contribution in [0.3, 0.4) is 0 Å². The molecular weight excluding hydrogens is 249 g/mol. The third-order valence-corrected chi connectivity index (χ3v) is 1.69. The lowest BCUT2D eigenvalue weighted by molar-refractivity contribution is -0.680. The number of nitrogens with zero attached hydrogens (tertiary/aromatic N) is 1. The predicted octanol–water partition coefficient (Wildman–Crippen LogP) is -1.36. The lowest BCUT2D eigenvalue weighted by atomic mass is 10.1. The number of aryl methyl sites for hydroxylation is 1. The molecule has 1 aromatic heterocycles. The van der Waals surface area contributed by atoms with Crippen LogP contribution in [0.15, 0.2) is 24.4 Å². The fourth-order valence-corrected chi connectivity index (χ4v) is 1.14. The summed E-state index contributed by atoms with van der Waals surface area (Å²) >= 11 is 0. The molecule has 0 fully saturated rings. The first-order valence-electron chi connectivity index (χ1n) is 3.66. The fourth-order valence-electron chi connectivity index (χ4n) is 1.14. The van der Waals surface area contributed by atoms with E-state index >= 15 is 0 Å². The van der Waals surface area contributed by atoms with Gasteiger partial charge in [-0.3, -0.25) is 0 Å². The van der Waals surface area contributed by atoms with E-state index in [1.165, 1.54) is 5.69 Å². The van der Waals surface area contributed by atoms with E-state index < -0.39 is 0 Å². The van der Waals surface area contributed by atoms with Gasteiger partial charge in [0.25, 0.3) is 0 Å². The quantitative estimate of drug-likeness (QED) is 0.435. The highest BCUT2D eigenvalue weighted by Crippen LogP contribution is 2.06. The van der Waals surface area contributed by atoms with Crippen LogP contribution in [0.2, 0.25) is 0 Å². The van der Waals surface area contributed by atoms with Gasteiger partial charge in [-0.05, 0) is 0 Å². The van der Waals surface area contributed by atoms with E-state index in [9.17, 15) is 0 Å². The van der Waals surface area contributed by atoms with Gasteiger partial charge in [0.1, 0.15) is 7.05 Å². The van der Waals surface area contributed by atoms with Crippen LogP contribution in [-0.4, -0.2) is 0 Å². The second-order valence-electron chi connectivity index (χ2n) is 2.89. The van der Waals surface area contributed by atoms with Crippen molar-refractivity contribution < 1.29 is 28.5 Å². The van der Waals surface area contributed by atoms with Crippen molar-refractivity contribution in [3.05, 3.63) is 30.1 Å². The number of hydrogen-bond acceptors (Lipinski definition) is 0. The average molecular weight is 263 g/mol. The molecule has 62 valence electrons. The topological polar surface area (TPSA) is 3.88 Å². The summed E-state index contributed by atoms with van der Waals surface area (Å²) in [5.74, 6) is 0.617. The minimum atomic E-state index is 0. The number of hydrogen-bond donors (Lipinski definition) is 0. The Labute approximate surface area is 85.5 Å². The summed E-state index contributed by atoms with van der Waals surface area (Å²) in [4.78, 5) is 0. The van der Waals surface area contributed by atoms with Crippen LogP contribution in [0.25, 0.3) is 0 Å². The Morgan fingerprint density at radius 3 is 2.27 bits per heavy atom. The third kappa shape index (κ3) is 2.77. The Morgan fingerprint density at radius 2 is 1.91 bits per heavy atom. The molecule has 0 saturated heterocycles. The minimum Gasteiger partial charge on any atom is -1.00 e. The van der Waals surface area contributed by atoms with Gasteiger partial charge in [0, 0.05) is 18.1 Å². The zero-order valence-corrected chi connectivity index (χ0v) is 9.37. The van der Waals surface area contributed by atoms with Crippen molar-refractivity contribution in [3.8, 4) is 0 Å². The van der Waals surface area contributed by atoms with E-state index in [0.29, 0.717) is 5.92 Å². The molecule has 0 spiro atoms. The van der Waals surface area contributed by atoms with E-state index in [2.05, 4.69) is 43.8 Å². The average Bonchev–Trinajstić information content (AvgIpc) is 1.88. The fraction of sp³-hybridized carbons (Fsp3) is 0.444. The standard InChI is InChI=1S/C9H14N.HI/c1-8(2)9-6-4-5-7-10(9)3;/h4-8H,1-3H3;1H/q+1;/p-1. The van der Waals surface area contributed by atoms with Crippen molar-refractivity contribution in [2.45, 2.75) is 19.8 Å². The first kappa shape index (κ1) is 10.9. The number of halogens is 1. The van der Waals surface area contributed by atoms with Crippen LogP contribution < -0.4 is 28.5 Å². The smallest absolute Gasteiger partial charge is 0.183 e. The van der Waals surface area contributed by atoms with Crippen LogP contribution in [0.5, 0.6) is 0 Å². The largest absolute Gasteiger partial charge is 1.00 e. The summed E-state index contributed by atoms with van der Waals surface area (Å²) in [6.07, 6.45) is 2.08. The molecule has 0 aliphatic carbocycles. The van der Waals surface area contributed by atoms with Crippen LogP contribution in [0, 0.1) is 0 Å². The molecule has 0 radical (unpaired) electrons. The molecule has 1 aromatic rings. The molecule has 0 saturated carbocycles. The van der Waals surface area contributed by atoms with E-state index in [4.69, 9.17) is 0 Å². The van der Waals surface area contributed by atoms with Gasteiger partial charge < -0.3 is 24.0 Å². The molecule has 0 aliphatic rings. The maximum absolute atomic E-state index is 2.20. The van der Waals surface area contributed by atoms with Gasteiger partial charge in [-0.2, -0.15) is 0 Å². The van der Waals surface area contributed by atoms with Crippen molar-refractivity contribution in [2.24, 2.45) is 7.05 Å². The molecule has 0 aromatic carbocycles. The second kappa shape index (κ2) is 4.70. The monoisotopic (exact) mass is 263 g/mol. The summed E-state index contributed by atoms with van der Waals surface area (Å²) in [6, 6.07) is 6.28. The van der Waals surface area contributed by atoms with E-state index in [0.717, 1.165) is 0 Å². The Bertz CT molecular complexity index is 221. The Hall–Kier alpha value is -0.120. The van der Waals surface area contributed by atoms with E-state index in [-0.39, 0.29) is 24.0 Å². The zero-order chi connectivity index (χ0) is 7.56. The lowest BCUT2D eigenvalue weighted by Crippen LogP contribution is -3.00. The second-order valence-corrected chi connectivity index (χ2v) is 2.89. The first-order chi connectivity index (χ1) is 4.72. The highest BCUT2D eigenvalue weighted by Gasteiger charge is 2.07. The highest BCUT2D eigenvalue weighted by atomic mass is 127. The molecule has 0 atom stereocenters.